The Morgan fingerprint density at radius 1 is 0.407 bits per heavy atom. The average molecular weight is 753 g/mol. The molecule has 0 aliphatic carbocycles. The summed E-state index contributed by atoms with van der Waals surface area (Å²) in [4.78, 5) is 37.6. The molecule has 0 aromatic carbocycles. The zero-order chi connectivity index (χ0) is 39.4. The minimum Gasteiger partial charge on any atom is -0.462 e. The van der Waals surface area contributed by atoms with Gasteiger partial charge in [-0.15, -0.1) is 0 Å². The molecule has 0 radical (unpaired) electrons. The maximum atomic E-state index is 12.7. The number of esters is 3. The SMILES string of the molecule is CC/C=C\C/C=C\C/C=C\C/C=C\CCCCCC(=O)OCC(COC(=O)CCCCCCCCCCC)OC(=O)CCCCC/C=C\C=C/CCCC. The molecule has 0 rings (SSSR count). The topological polar surface area (TPSA) is 78.9 Å². The van der Waals surface area contributed by atoms with Gasteiger partial charge < -0.3 is 14.2 Å². The van der Waals surface area contributed by atoms with Crippen LogP contribution in [0, 0.1) is 0 Å². The first-order chi connectivity index (χ1) is 26.5. The van der Waals surface area contributed by atoms with Crippen LogP contribution in [0.25, 0.3) is 0 Å². The average Bonchev–Trinajstić information content (AvgIpc) is 3.17. The second-order valence-electron chi connectivity index (χ2n) is 14.3. The molecule has 0 heterocycles. The number of rotatable bonds is 38. The number of hydrogen-bond acceptors (Lipinski definition) is 6. The highest BCUT2D eigenvalue weighted by Gasteiger charge is 2.19. The van der Waals surface area contributed by atoms with E-state index in [1.54, 1.807) is 0 Å². The summed E-state index contributed by atoms with van der Waals surface area (Å²) in [5.41, 5.74) is 0. The van der Waals surface area contributed by atoms with Crippen LogP contribution in [0.1, 0.15) is 194 Å². The molecule has 0 saturated carbocycles. The van der Waals surface area contributed by atoms with Gasteiger partial charge in [0.05, 0.1) is 0 Å². The summed E-state index contributed by atoms with van der Waals surface area (Å²) < 4.78 is 16.6. The molecular weight excluding hydrogens is 673 g/mol. The van der Waals surface area contributed by atoms with Crippen LogP contribution in [0.3, 0.4) is 0 Å². The molecule has 0 aliphatic heterocycles. The van der Waals surface area contributed by atoms with E-state index in [-0.39, 0.29) is 37.5 Å². The lowest BCUT2D eigenvalue weighted by Crippen LogP contribution is -2.30. The van der Waals surface area contributed by atoms with Gasteiger partial charge in [0.15, 0.2) is 6.10 Å². The molecule has 0 saturated heterocycles. The summed E-state index contributed by atoms with van der Waals surface area (Å²) in [7, 11) is 0. The van der Waals surface area contributed by atoms with Crippen LogP contribution in [-0.2, 0) is 28.6 Å². The molecule has 0 fully saturated rings. The first-order valence-corrected chi connectivity index (χ1v) is 22.0. The van der Waals surface area contributed by atoms with Crippen LogP contribution in [0.4, 0.5) is 0 Å². The molecule has 0 amide bonds. The number of allylic oxidation sites excluding steroid dienone is 12. The van der Waals surface area contributed by atoms with E-state index in [1.807, 2.05) is 0 Å². The molecule has 0 aromatic rings. The first-order valence-electron chi connectivity index (χ1n) is 22.0. The molecule has 1 unspecified atom stereocenters. The van der Waals surface area contributed by atoms with Gasteiger partial charge in [0.25, 0.3) is 0 Å². The Balaban J connectivity index is 4.45. The summed E-state index contributed by atoms with van der Waals surface area (Å²) in [5, 5.41) is 0. The van der Waals surface area contributed by atoms with Gasteiger partial charge in [-0.25, -0.2) is 0 Å². The van der Waals surface area contributed by atoms with Gasteiger partial charge in [0.2, 0.25) is 0 Å². The van der Waals surface area contributed by atoms with E-state index >= 15 is 0 Å². The van der Waals surface area contributed by atoms with Crippen molar-refractivity contribution in [3.8, 4) is 0 Å². The van der Waals surface area contributed by atoms with Crippen LogP contribution >= 0.6 is 0 Å². The van der Waals surface area contributed by atoms with Gasteiger partial charge in [0.1, 0.15) is 13.2 Å². The third-order valence-electron chi connectivity index (χ3n) is 8.97. The maximum absolute atomic E-state index is 12.7. The second-order valence-corrected chi connectivity index (χ2v) is 14.3. The van der Waals surface area contributed by atoms with Gasteiger partial charge >= 0.3 is 17.9 Å². The summed E-state index contributed by atoms with van der Waals surface area (Å²) in [6.07, 6.45) is 51.7. The standard InChI is InChI=1S/C48H80O6/c1-4-7-10-13-16-19-21-22-23-24-25-27-29-32-35-38-41-47(50)53-44-45(43-52-46(49)40-37-34-31-28-18-15-12-9-6-3)54-48(51)42-39-36-33-30-26-20-17-14-11-8-5-2/h7,10,14,16-17,19-20,22-23,25-27,45H,4-6,8-9,11-13,15,18,21,24,28-44H2,1-3H3/b10-7-,17-14-,19-16-,23-22-,26-20-,27-25-. The van der Waals surface area contributed by atoms with Crippen molar-refractivity contribution in [2.24, 2.45) is 0 Å². The molecule has 6 heteroatoms. The Hall–Kier alpha value is -3.15. The van der Waals surface area contributed by atoms with Crippen molar-refractivity contribution in [2.75, 3.05) is 13.2 Å². The number of carbonyl (C=O) groups is 3. The lowest BCUT2D eigenvalue weighted by molar-refractivity contribution is -0.167. The van der Waals surface area contributed by atoms with Crippen LogP contribution in [0.5, 0.6) is 0 Å². The summed E-state index contributed by atoms with van der Waals surface area (Å²) in [6.45, 7) is 6.37. The van der Waals surface area contributed by atoms with Crippen LogP contribution in [0.2, 0.25) is 0 Å². The van der Waals surface area contributed by atoms with E-state index in [9.17, 15) is 14.4 Å². The highest BCUT2D eigenvalue weighted by molar-refractivity contribution is 5.71. The third kappa shape index (κ3) is 40.0. The van der Waals surface area contributed by atoms with E-state index in [1.165, 1.54) is 51.4 Å². The van der Waals surface area contributed by atoms with Crippen LogP contribution in [0.15, 0.2) is 72.9 Å². The van der Waals surface area contributed by atoms with Crippen molar-refractivity contribution in [3.63, 3.8) is 0 Å². The predicted molar refractivity (Wildman–Crippen MR) is 228 cm³/mol. The molecule has 0 aromatic heterocycles. The Morgan fingerprint density at radius 2 is 0.796 bits per heavy atom. The number of unbranched alkanes of at least 4 members (excludes halogenated alkanes) is 16. The predicted octanol–water partition coefficient (Wildman–Crippen LogP) is 13.9. The van der Waals surface area contributed by atoms with E-state index in [4.69, 9.17) is 14.2 Å². The zero-order valence-corrected chi connectivity index (χ0v) is 35.0. The lowest BCUT2D eigenvalue weighted by Gasteiger charge is -2.18. The quantitative estimate of drug-likeness (QED) is 0.0205. The van der Waals surface area contributed by atoms with Crippen molar-refractivity contribution in [3.05, 3.63) is 72.9 Å². The minimum atomic E-state index is -0.797. The van der Waals surface area contributed by atoms with Gasteiger partial charge in [-0.2, -0.15) is 0 Å². The third-order valence-corrected chi connectivity index (χ3v) is 8.97. The Morgan fingerprint density at radius 3 is 1.30 bits per heavy atom. The van der Waals surface area contributed by atoms with Gasteiger partial charge in [-0.1, -0.05) is 171 Å². The minimum absolute atomic E-state index is 0.0965. The first kappa shape index (κ1) is 50.9. The van der Waals surface area contributed by atoms with Gasteiger partial charge in [0, 0.05) is 19.3 Å². The van der Waals surface area contributed by atoms with Gasteiger partial charge in [-0.05, 0) is 77.0 Å². The fourth-order valence-corrected chi connectivity index (χ4v) is 5.64. The highest BCUT2D eigenvalue weighted by atomic mass is 16.6. The molecule has 0 N–H and O–H groups in total. The summed E-state index contributed by atoms with van der Waals surface area (Å²) >= 11 is 0. The highest BCUT2D eigenvalue weighted by Crippen LogP contribution is 2.12. The van der Waals surface area contributed by atoms with Crippen molar-refractivity contribution < 1.29 is 28.6 Å². The fourth-order valence-electron chi connectivity index (χ4n) is 5.64. The van der Waals surface area contributed by atoms with E-state index < -0.39 is 6.10 Å². The molecule has 0 spiro atoms. The van der Waals surface area contributed by atoms with E-state index in [2.05, 4.69) is 93.7 Å². The van der Waals surface area contributed by atoms with Gasteiger partial charge in [-0.3, -0.25) is 14.4 Å². The molecule has 0 aliphatic rings. The molecule has 0 bridgehead atoms. The Kier molecular flexibility index (Phi) is 40.1. The lowest BCUT2D eigenvalue weighted by atomic mass is 10.1. The van der Waals surface area contributed by atoms with Crippen molar-refractivity contribution in [1.29, 1.82) is 0 Å². The van der Waals surface area contributed by atoms with Crippen molar-refractivity contribution in [2.45, 2.75) is 200 Å². The largest absolute Gasteiger partial charge is 0.462 e. The molecule has 1 atom stereocenters. The van der Waals surface area contributed by atoms with Crippen LogP contribution in [-0.4, -0.2) is 37.2 Å². The fraction of sp³-hybridized carbons (Fsp3) is 0.688. The van der Waals surface area contributed by atoms with Crippen LogP contribution < -0.4 is 0 Å². The normalized spacial score (nSPS) is 12.7. The maximum Gasteiger partial charge on any atom is 0.306 e. The Labute approximate surface area is 332 Å². The molecule has 308 valence electrons. The molecule has 6 nitrogen and oxygen atoms in total. The second kappa shape index (κ2) is 42.6. The number of ether oxygens (including phenoxy) is 3. The van der Waals surface area contributed by atoms with E-state index in [0.29, 0.717) is 12.8 Å². The summed E-state index contributed by atoms with van der Waals surface area (Å²) in [6, 6.07) is 0. The molecule has 54 heavy (non-hydrogen) atoms. The van der Waals surface area contributed by atoms with Crippen molar-refractivity contribution in [1.82, 2.24) is 0 Å². The molecular formula is C48H80O6. The van der Waals surface area contributed by atoms with E-state index in [0.717, 1.165) is 103 Å². The van der Waals surface area contributed by atoms with Crippen molar-refractivity contribution >= 4 is 17.9 Å². The number of hydrogen-bond donors (Lipinski definition) is 0. The smallest absolute Gasteiger partial charge is 0.306 e. The zero-order valence-electron chi connectivity index (χ0n) is 35.0. The number of carbonyl (C=O) groups excluding carboxylic acids is 3. The summed E-state index contributed by atoms with van der Waals surface area (Å²) in [5.74, 6) is -0.968. The Bertz CT molecular complexity index is 1050. The monoisotopic (exact) mass is 753 g/mol.